The van der Waals surface area contributed by atoms with Crippen molar-refractivity contribution in [1.82, 2.24) is 9.80 Å². The number of esters is 1. The van der Waals surface area contributed by atoms with Gasteiger partial charge < -0.3 is 24.4 Å². The summed E-state index contributed by atoms with van der Waals surface area (Å²) in [4.78, 5) is 45.1. The summed E-state index contributed by atoms with van der Waals surface area (Å²) >= 11 is 0. The maximum atomic E-state index is 14.1. The molecule has 3 heterocycles. The number of likely N-dealkylation sites (tertiary alicyclic amines) is 1. The van der Waals surface area contributed by atoms with Gasteiger partial charge in [0.1, 0.15) is 17.6 Å². The Balaban J connectivity index is 1.96. The molecule has 0 aromatic heterocycles. The molecule has 0 aromatic carbocycles. The van der Waals surface area contributed by atoms with Crippen molar-refractivity contribution in [2.45, 2.75) is 89.4 Å². The topological polar surface area (TPSA) is 96.4 Å². The molecule has 2 bridgehead atoms. The minimum Gasteiger partial charge on any atom is -0.465 e. The first kappa shape index (κ1) is 29.4. The summed E-state index contributed by atoms with van der Waals surface area (Å²) in [7, 11) is 0. The molecular formula is C29H46N2O6. The van der Waals surface area contributed by atoms with Gasteiger partial charge >= 0.3 is 5.97 Å². The van der Waals surface area contributed by atoms with E-state index in [0.29, 0.717) is 38.9 Å². The molecule has 6 atom stereocenters. The van der Waals surface area contributed by atoms with Crippen LogP contribution in [0, 0.1) is 17.8 Å². The van der Waals surface area contributed by atoms with Gasteiger partial charge in [-0.1, -0.05) is 32.4 Å². The molecule has 2 amide bonds. The van der Waals surface area contributed by atoms with Gasteiger partial charge in [0.25, 0.3) is 0 Å². The standard InChI is InChI=1S/C29H46N2O6/c1-6-9-11-14-19-36-27(35)23-22-25(33)31(17-12-13-18-32)24(26(34)30(15-8-3)16-10-7-2)29(22)20-21(4)28(23,5)37-29/h6,8,21-24,32H,1,3,7,9-20H2,2,4-5H3/t21?,22-,23+,24?,28-,29?/m0/s1. The smallest absolute Gasteiger partial charge is 0.312 e. The van der Waals surface area contributed by atoms with E-state index in [2.05, 4.69) is 20.1 Å². The highest BCUT2D eigenvalue weighted by atomic mass is 16.6. The maximum absolute atomic E-state index is 14.1. The number of fused-ring (bicyclic) bond motifs is 1. The molecule has 37 heavy (non-hydrogen) atoms. The summed E-state index contributed by atoms with van der Waals surface area (Å²) in [5.41, 5.74) is -1.94. The van der Waals surface area contributed by atoms with Crippen LogP contribution < -0.4 is 0 Å². The fourth-order valence-corrected chi connectivity index (χ4v) is 6.63. The minimum atomic E-state index is -1.07. The number of hydrogen-bond acceptors (Lipinski definition) is 6. The monoisotopic (exact) mass is 518 g/mol. The van der Waals surface area contributed by atoms with Gasteiger partial charge in [0.15, 0.2) is 0 Å². The lowest BCUT2D eigenvalue weighted by Crippen LogP contribution is -2.56. The first-order valence-corrected chi connectivity index (χ1v) is 14.0. The molecule has 0 aliphatic carbocycles. The predicted octanol–water partition coefficient (Wildman–Crippen LogP) is 3.48. The van der Waals surface area contributed by atoms with Gasteiger partial charge in [0, 0.05) is 26.2 Å². The highest BCUT2D eigenvalue weighted by molar-refractivity contribution is 5.98. The van der Waals surface area contributed by atoms with Crippen LogP contribution in [0.5, 0.6) is 0 Å². The summed E-state index contributed by atoms with van der Waals surface area (Å²) in [6.45, 7) is 15.2. The fraction of sp³-hybridized carbons (Fsp3) is 0.759. The van der Waals surface area contributed by atoms with Crippen LogP contribution in [0.1, 0.15) is 72.1 Å². The van der Waals surface area contributed by atoms with Gasteiger partial charge in [-0.25, -0.2) is 0 Å². The molecule has 3 aliphatic heterocycles. The van der Waals surface area contributed by atoms with E-state index < -0.39 is 35.0 Å². The van der Waals surface area contributed by atoms with Crippen LogP contribution in [0.4, 0.5) is 0 Å². The zero-order chi connectivity index (χ0) is 27.2. The van der Waals surface area contributed by atoms with Crippen molar-refractivity contribution in [3.05, 3.63) is 25.3 Å². The molecule has 3 rings (SSSR count). The van der Waals surface area contributed by atoms with E-state index in [1.54, 1.807) is 15.9 Å². The van der Waals surface area contributed by atoms with Crippen LogP contribution in [0.15, 0.2) is 25.3 Å². The van der Waals surface area contributed by atoms with Crippen LogP contribution in [0.2, 0.25) is 0 Å². The van der Waals surface area contributed by atoms with Crippen molar-refractivity contribution in [1.29, 1.82) is 0 Å². The van der Waals surface area contributed by atoms with Gasteiger partial charge in [-0.2, -0.15) is 0 Å². The Hall–Kier alpha value is -2.19. The number of allylic oxidation sites excluding steroid dienone is 1. The number of hydrogen-bond donors (Lipinski definition) is 1. The van der Waals surface area contributed by atoms with Gasteiger partial charge in [-0.3, -0.25) is 14.4 Å². The maximum Gasteiger partial charge on any atom is 0.312 e. The number of carbonyl (C=O) groups is 3. The lowest BCUT2D eigenvalue weighted by Gasteiger charge is -2.37. The molecule has 1 spiro atoms. The van der Waals surface area contributed by atoms with E-state index in [0.717, 1.165) is 32.1 Å². The second-order valence-electron chi connectivity index (χ2n) is 11.0. The van der Waals surface area contributed by atoms with Gasteiger partial charge in [-0.05, 0) is 57.8 Å². The summed E-state index contributed by atoms with van der Waals surface area (Å²) in [6, 6.07) is -0.810. The fourth-order valence-electron chi connectivity index (χ4n) is 6.63. The number of aliphatic hydroxyl groups excluding tert-OH is 1. The van der Waals surface area contributed by atoms with Crippen molar-refractivity contribution >= 4 is 17.8 Å². The molecule has 208 valence electrons. The lowest BCUT2D eigenvalue weighted by atomic mass is 9.62. The van der Waals surface area contributed by atoms with Crippen LogP contribution >= 0.6 is 0 Å². The number of nitrogens with zero attached hydrogens (tertiary/aromatic N) is 2. The minimum absolute atomic E-state index is 0.0146. The molecule has 3 aliphatic rings. The van der Waals surface area contributed by atoms with Crippen LogP contribution in [0.25, 0.3) is 0 Å². The van der Waals surface area contributed by atoms with E-state index in [-0.39, 0.29) is 30.9 Å². The summed E-state index contributed by atoms with van der Waals surface area (Å²) in [6.07, 6.45) is 9.42. The van der Waals surface area contributed by atoms with Crippen molar-refractivity contribution in [3.8, 4) is 0 Å². The molecular weight excluding hydrogens is 472 g/mol. The van der Waals surface area contributed by atoms with E-state index >= 15 is 0 Å². The highest BCUT2D eigenvalue weighted by Crippen LogP contribution is 2.65. The molecule has 3 saturated heterocycles. The van der Waals surface area contributed by atoms with E-state index in [4.69, 9.17) is 9.47 Å². The first-order chi connectivity index (χ1) is 17.7. The zero-order valence-corrected chi connectivity index (χ0v) is 23.0. The van der Waals surface area contributed by atoms with Gasteiger partial charge in [0.05, 0.1) is 18.1 Å². The molecule has 0 aromatic rings. The Kier molecular flexibility index (Phi) is 9.98. The Bertz CT molecular complexity index is 861. The molecule has 0 radical (unpaired) electrons. The van der Waals surface area contributed by atoms with Crippen molar-refractivity contribution < 1.29 is 29.0 Å². The predicted molar refractivity (Wildman–Crippen MR) is 141 cm³/mol. The third-order valence-electron chi connectivity index (χ3n) is 8.60. The molecule has 1 N–H and O–H groups in total. The Morgan fingerprint density at radius 2 is 1.97 bits per heavy atom. The van der Waals surface area contributed by atoms with Crippen molar-refractivity contribution in [2.75, 3.05) is 32.8 Å². The van der Waals surface area contributed by atoms with E-state index in [1.165, 1.54) is 0 Å². The van der Waals surface area contributed by atoms with Crippen LogP contribution in [-0.2, 0) is 23.9 Å². The van der Waals surface area contributed by atoms with Crippen LogP contribution in [0.3, 0.4) is 0 Å². The van der Waals surface area contributed by atoms with Gasteiger partial charge in [0.2, 0.25) is 11.8 Å². The summed E-state index contributed by atoms with van der Waals surface area (Å²) in [5.74, 6) is -2.31. The molecule has 8 nitrogen and oxygen atoms in total. The lowest BCUT2D eigenvalue weighted by molar-refractivity contribution is -0.162. The zero-order valence-electron chi connectivity index (χ0n) is 23.0. The number of ether oxygens (including phenoxy) is 2. The first-order valence-electron chi connectivity index (χ1n) is 14.0. The SMILES string of the molecule is C=CCCCCOC(=O)[C@H]1[C@H]2C(=O)N(CCCCO)C(C(=O)N(CC=C)CCCC)C23CC(C)[C@]1(C)O3. The number of carbonyl (C=O) groups excluding carboxylic acids is 3. The van der Waals surface area contributed by atoms with Gasteiger partial charge in [-0.15, -0.1) is 13.2 Å². The number of unbranched alkanes of at least 4 members (excludes halogenated alkanes) is 4. The highest BCUT2D eigenvalue weighted by Gasteiger charge is 2.80. The quantitative estimate of drug-likeness (QED) is 0.191. The van der Waals surface area contributed by atoms with E-state index in [1.807, 2.05) is 19.9 Å². The Labute approximate surface area is 222 Å². The molecule has 8 heteroatoms. The number of aliphatic hydroxyl groups is 1. The summed E-state index contributed by atoms with van der Waals surface area (Å²) in [5, 5.41) is 9.34. The number of rotatable bonds is 16. The Morgan fingerprint density at radius 1 is 1.22 bits per heavy atom. The normalized spacial score (nSPS) is 31.9. The van der Waals surface area contributed by atoms with Crippen molar-refractivity contribution in [2.24, 2.45) is 17.8 Å². The average Bonchev–Trinajstić information content (AvgIpc) is 3.38. The molecule has 3 unspecified atom stereocenters. The third kappa shape index (κ3) is 5.37. The number of amides is 2. The molecule has 3 fully saturated rings. The third-order valence-corrected chi connectivity index (χ3v) is 8.60. The second kappa shape index (κ2) is 12.6. The average molecular weight is 519 g/mol. The van der Waals surface area contributed by atoms with E-state index in [9.17, 15) is 19.5 Å². The molecule has 0 saturated carbocycles. The van der Waals surface area contributed by atoms with Crippen LogP contribution in [-0.4, -0.2) is 82.8 Å². The largest absolute Gasteiger partial charge is 0.465 e. The Morgan fingerprint density at radius 3 is 2.62 bits per heavy atom. The van der Waals surface area contributed by atoms with Crippen molar-refractivity contribution in [3.63, 3.8) is 0 Å². The summed E-state index contributed by atoms with van der Waals surface area (Å²) < 4.78 is 12.4. The second-order valence-corrected chi connectivity index (χ2v) is 11.0.